The summed E-state index contributed by atoms with van der Waals surface area (Å²) in [6, 6.07) is 15.5. The second-order valence-electron chi connectivity index (χ2n) is 6.22. The van der Waals surface area contributed by atoms with E-state index in [1.165, 1.54) is 5.56 Å². The first-order chi connectivity index (χ1) is 13.2. The molecule has 1 N–H and O–H groups in total. The van der Waals surface area contributed by atoms with Gasteiger partial charge in [0.2, 0.25) is 5.91 Å². The standard InChI is InChI=1S/C22H29NO4/c1-3-5-18-7-9-20(10-8-18)27-17-15-23-22(24)6-4-16-26-21-13-11-19(25-2)12-14-21/h7-14H,3-6,15-17H2,1-2H3,(H,23,24). The van der Waals surface area contributed by atoms with Gasteiger partial charge in [-0.3, -0.25) is 4.79 Å². The van der Waals surface area contributed by atoms with Crippen LogP contribution in [0.5, 0.6) is 17.2 Å². The number of rotatable bonds is 12. The van der Waals surface area contributed by atoms with Crippen molar-refractivity contribution in [1.29, 1.82) is 0 Å². The van der Waals surface area contributed by atoms with Crippen LogP contribution in [0.1, 0.15) is 31.7 Å². The SMILES string of the molecule is CCCc1ccc(OCCNC(=O)CCCOc2ccc(OC)cc2)cc1. The number of hydrogen-bond acceptors (Lipinski definition) is 4. The first kappa shape index (κ1) is 20.6. The van der Waals surface area contributed by atoms with Gasteiger partial charge in [-0.1, -0.05) is 25.5 Å². The highest BCUT2D eigenvalue weighted by Gasteiger charge is 2.02. The maximum atomic E-state index is 11.8. The number of aryl methyl sites for hydroxylation is 1. The van der Waals surface area contributed by atoms with Crippen molar-refractivity contribution in [1.82, 2.24) is 5.32 Å². The van der Waals surface area contributed by atoms with Gasteiger partial charge >= 0.3 is 0 Å². The Labute approximate surface area is 161 Å². The number of hydrogen-bond donors (Lipinski definition) is 1. The largest absolute Gasteiger partial charge is 0.497 e. The van der Waals surface area contributed by atoms with Crippen LogP contribution in [0.15, 0.2) is 48.5 Å². The average molecular weight is 371 g/mol. The van der Waals surface area contributed by atoms with Gasteiger partial charge in [0.25, 0.3) is 0 Å². The summed E-state index contributed by atoms with van der Waals surface area (Å²) in [7, 11) is 1.63. The molecule has 0 aliphatic carbocycles. The molecule has 0 heterocycles. The minimum absolute atomic E-state index is 0.00947. The molecule has 0 radical (unpaired) electrons. The molecule has 0 aromatic heterocycles. The second kappa shape index (κ2) is 11.8. The Hall–Kier alpha value is -2.69. The fourth-order valence-corrected chi connectivity index (χ4v) is 2.58. The Morgan fingerprint density at radius 3 is 2.11 bits per heavy atom. The van der Waals surface area contributed by atoms with Crippen LogP contribution in [0.2, 0.25) is 0 Å². The van der Waals surface area contributed by atoms with Crippen LogP contribution >= 0.6 is 0 Å². The molecule has 0 atom stereocenters. The van der Waals surface area contributed by atoms with E-state index < -0.39 is 0 Å². The summed E-state index contributed by atoms with van der Waals surface area (Å²) >= 11 is 0. The first-order valence-corrected chi connectivity index (χ1v) is 9.46. The van der Waals surface area contributed by atoms with E-state index in [1.54, 1.807) is 7.11 Å². The summed E-state index contributed by atoms with van der Waals surface area (Å²) in [6.07, 6.45) is 3.31. The van der Waals surface area contributed by atoms with E-state index in [1.807, 2.05) is 36.4 Å². The van der Waals surface area contributed by atoms with E-state index in [9.17, 15) is 4.79 Å². The van der Waals surface area contributed by atoms with Crippen molar-refractivity contribution in [2.75, 3.05) is 26.9 Å². The first-order valence-electron chi connectivity index (χ1n) is 9.46. The Bertz CT molecular complexity index is 668. The molecule has 0 saturated carbocycles. The number of carbonyl (C=O) groups is 1. The highest BCUT2D eigenvalue weighted by atomic mass is 16.5. The van der Waals surface area contributed by atoms with E-state index in [-0.39, 0.29) is 5.91 Å². The van der Waals surface area contributed by atoms with Crippen molar-refractivity contribution in [2.24, 2.45) is 0 Å². The van der Waals surface area contributed by atoms with Gasteiger partial charge in [-0.2, -0.15) is 0 Å². The summed E-state index contributed by atoms with van der Waals surface area (Å²) in [4.78, 5) is 11.8. The smallest absolute Gasteiger partial charge is 0.220 e. The summed E-state index contributed by atoms with van der Waals surface area (Å²) in [6.45, 7) is 3.62. The molecule has 27 heavy (non-hydrogen) atoms. The van der Waals surface area contributed by atoms with Crippen molar-refractivity contribution in [3.8, 4) is 17.2 Å². The lowest BCUT2D eigenvalue weighted by Gasteiger charge is -2.09. The third-order valence-electron chi connectivity index (χ3n) is 4.03. The van der Waals surface area contributed by atoms with Gasteiger partial charge in [-0.15, -0.1) is 0 Å². The highest BCUT2D eigenvalue weighted by Crippen LogP contribution is 2.17. The molecule has 0 spiro atoms. The van der Waals surface area contributed by atoms with E-state index in [0.29, 0.717) is 32.6 Å². The lowest BCUT2D eigenvalue weighted by Crippen LogP contribution is -2.28. The summed E-state index contributed by atoms with van der Waals surface area (Å²) in [5, 5.41) is 2.86. The molecular formula is C22H29NO4. The number of benzene rings is 2. The lowest BCUT2D eigenvalue weighted by atomic mass is 10.1. The Morgan fingerprint density at radius 1 is 0.889 bits per heavy atom. The lowest BCUT2D eigenvalue weighted by molar-refractivity contribution is -0.121. The van der Waals surface area contributed by atoms with Crippen LogP contribution < -0.4 is 19.5 Å². The molecule has 2 aromatic carbocycles. The molecule has 0 aliphatic heterocycles. The molecule has 0 saturated heterocycles. The van der Waals surface area contributed by atoms with Crippen LogP contribution in [0.25, 0.3) is 0 Å². The van der Waals surface area contributed by atoms with Crippen molar-refractivity contribution in [2.45, 2.75) is 32.6 Å². The maximum Gasteiger partial charge on any atom is 0.220 e. The minimum Gasteiger partial charge on any atom is -0.497 e. The third kappa shape index (κ3) is 8.03. The molecule has 2 aromatic rings. The van der Waals surface area contributed by atoms with E-state index in [4.69, 9.17) is 14.2 Å². The van der Waals surface area contributed by atoms with Gasteiger partial charge in [-0.25, -0.2) is 0 Å². The molecule has 0 aliphatic rings. The maximum absolute atomic E-state index is 11.8. The highest BCUT2D eigenvalue weighted by molar-refractivity contribution is 5.75. The molecule has 2 rings (SSSR count). The predicted octanol–water partition coefficient (Wildman–Crippen LogP) is 4.00. The van der Waals surface area contributed by atoms with Gasteiger partial charge in [0.1, 0.15) is 23.9 Å². The Balaban J connectivity index is 1.52. The van der Waals surface area contributed by atoms with Gasteiger partial charge < -0.3 is 19.5 Å². The fourth-order valence-electron chi connectivity index (χ4n) is 2.58. The van der Waals surface area contributed by atoms with Crippen LogP contribution in [-0.2, 0) is 11.2 Å². The summed E-state index contributed by atoms with van der Waals surface area (Å²) in [5.41, 5.74) is 1.31. The molecule has 5 nitrogen and oxygen atoms in total. The molecular weight excluding hydrogens is 342 g/mol. The van der Waals surface area contributed by atoms with Crippen molar-refractivity contribution in [3.63, 3.8) is 0 Å². The second-order valence-corrected chi connectivity index (χ2v) is 6.22. The number of ether oxygens (including phenoxy) is 3. The zero-order chi connectivity index (χ0) is 19.3. The molecule has 5 heteroatoms. The van der Waals surface area contributed by atoms with Gasteiger partial charge in [-0.05, 0) is 54.8 Å². The fraction of sp³-hybridized carbons (Fsp3) is 0.409. The Kier molecular flexibility index (Phi) is 9.04. The monoisotopic (exact) mass is 371 g/mol. The zero-order valence-electron chi connectivity index (χ0n) is 16.2. The van der Waals surface area contributed by atoms with Crippen molar-refractivity contribution >= 4 is 5.91 Å². The molecule has 146 valence electrons. The van der Waals surface area contributed by atoms with E-state index in [0.717, 1.165) is 30.1 Å². The molecule has 1 amide bonds. The van der Waals surface area contributed by atoms with Gasteiger partial charge in [0.15, 0.2) is 0 Å². The van der Waals surface area contributed by atoms with E-state index in [2.05, 4.69) is 24.4 Å². The summed E-state index contributed by atoms with van der Waals surface area (Å²) < 4.78 is 16.3. The minimum atomic E-state index is 0.00947. The molecule has 0 unspecified atom stereocenters. The van der Waals surface area contributed by atoms with E-state index >= 15 is 0 Å². The van der Waals surface area contributed by atoms with Crippen molar-refractivity contribution in [3.05, 3.63) is 54.1 Å². The van der Waals surface area contributed by atoms with Crippen LogP contribution in [-0.4, -0.2) is 32.8 Å². The van der Waals surface area contributed by atoms with Crippen LogP contribution in [0.4, 0.5) is 0 Å². The predicted molar refractivity (Wildman–Crippen MR) is 107 cm³/mol. The summed E-state index contributed by atoms with van der Waals surface area (Å²) in [5.74, 6) is 2.41. The normalized spacial score (nSPS) is 10.3. The molecule has 0 bridgehead atoms. The third-order valence-corrected chi connectivity index (χ3v) is 4.03. The number of amides is 1. The van der Waals surface area contributed by atoms with Crippen molar-refractivity contribution < 1.29 is 19.0 Å². The van der Waals surface area contributed by atoms with Gasteiger partial charge in [0, 0.05) is 6.42 Å². The number of carbonyl (C=O) groups excluding carboxylic acids is 1. The molecule has 0 fully saturated rings. The number of nitrogens with one attached hydrogen (secondary N) is 1. The zero-order valence-corrected chi connectivity index (χ0v) is 16.2. The van der Waals surface area contributed by atoms with Crippen LogP contribution in [0, 0.1) is 0 Å². The average Bonchev–Trinajstić information content (AvgIpc) is 2.70. The number of methoxy groups -OCH3 is 1. The Morgan fingerprint density at radius 2 is 1.48 bits per heavy atom. The van der Waals surface area contributed by atoms with Gasteiger partial charge in [0.05, 0.1) is 20.3 Å². The topological polar surface area (TPSA) is 56.8 Å². The quantitative estimate of drug-likeness (QED) is 0.573. The van der Waals surface area contributed by atoms with Crippen LogP contribution in [0.3, 0.4) is 0 Å².